The molecule has 1 aromatic carbocycles. The van der Waals surface area contributed by atoms with Crippen molar-refractivity contribution in [3.63, 3.8) is 0 Å². The molecule has 1 saturated heterocycles. The van der Waals surface area contributed by atoms with E-state index in [9.17, 15) is 9.18 Å². The van der Waals surface area contributed by atoms with Gasteiger partial charge in [-0.05, 0) is 56.3 Å². The Morgan fingerprint density at radius 3 is 2.91 bits per heavy atom. The largest absolute Gasteiger partial charge is 0.490 e. The lowest BCUT2D eigenvalue weighted by atomic mass is 10.0. The lowest BCUT2D eigenvalue weighted by Crippen LogP contribution is -2.33. The molecule has 3 rings (SSSR count). The van der Waals surface area contributed by atoms with Crippen molar-refractivity contribution in [2.45, 2.75) is 32.2 Å². The molecule has 0 bridgehead atoms. The van der Waals surface area contributed by atoms with Gasteiger partial charge in [-0.15, -0.1) is 0 Å². The summed E-state index contributed by atoms with van der Waals surface area (Å²) in [5.41, 5.74) is 0.760. The number of carbonyl (C=O) groups excluding carboxylic acids is 1. The Morgan fingerprint density at radius 1 is 1.45 bits per heavy atom. The first-order chi connectivity index (χ1) is 10.6. The number of nitrogens with one attached hydrogen (secondary N) is 2. The molecule has 0 radical (unpaired) electrons. The van der Waals surface area contributed by atoms with E-state index >= 15 is 0 Å². The Kier molecular flexibility index (Phi) is 4.62. The second-order valence-corrected chi connectivity index (χ2v) is 6.36. The van der Waals surface area contributed by atoms with Crippen molar-refractivity contribution in [3.05, 3.63) is 29.6 Å². The third kappa shape index (κ3) is 3.77. The van der Waals surface area contributed by atoms with Crippen molar-refractivity contribution in [1.29, 1.82) is 0 Å². The number of hydrogen-bond acceptors (Lipinski definition) is 3. The zero-order chi connectivity index (χ0) is 15.5. The van der Waals surface area contributed by atoms with Crippen LogP contribution in [0, 0.1) is 17.7 Å². The number of benzene rings is 1. The Labute approximate surface area is 130 Å². The van der Waals surface area contributed by atoms with Crippen LogP contribution >= 0.6 is 0 Å². The molecule has 2 atom stereocenters. The van der Waals surface area contributed by atoms with Gasteiger partial charge in [0.15, 0.2) is 11.6 Å². The molecule has 120 valence electrons. The molecule has 5 heteroatoms. The first kappa shape index (κ1) is 15.3. The summed E-state index contributed by atoms with van der Waals surface area (Å²) >= 11 is 0. The predicted molar refractivity (Wildman–Crippen MR) is 82.2 cm³/mol. The normalized spacial score (nSPS) is 22.4. The quantitative estimate of drug-likeness (QED) is 0.848. The molecule has 1 amide bonds. The van der Waals surface area contributed by atoms with Gasteiger partial charge in [0, 0.05) is 6.54 Å². The van der Waals surface area contributed by atoms with E-state index < -0.39 is 0 Å². The standard InChI is InChI=1S/C17H23FN2O2/c1-11(20-17(21)14-6-7-19-9-14)13-4-5-16(15(18)8-13)22-10-12-2-3-12/h4-5,8,11-12,14,19H,2-3,6-7,9-10H2,1H3,(H,20,21). The Balaban J connectivity index is 1.57. The number of rotatable bonds is 6. The van der Waals surface area contributed by atoms with E-state index in [-0.39, 0.29) is 23.7 Å². The van der Waals surface area contributed by atoms with Crippen molar-refractivity contribution in [1.82, 2.24) is 10.6 Å². The van der Waals surface area contributed by atoms with Gasteiger partial charge in [0.05, 0.1) is 18.6 Å². The molecule has 0 aromatic heterocycles. The highest BCUT2D eigenvalue weighted by molar-refractivity contribution is 5.79. The average Bonchev–Trinajstić information content (AvgIpc) is 3.16. The summed E-state index contributed by atoms with van der Waals surface area (Å²) in [7, 11) is 0. The maximum Gasteiger partial charge on any atom is 0.224 e. The minimum atomic E-state index is -0.359. The number of amides is 1. The fraction of sp³-hybridized carbons (Fsp3) is 0.588. The molecular weight excluding hydrogens is 283 g/mol. The second-order valence-electron chi connectivity index (χ2n) is 6.36. The van der Waals surface area contributed by atoms with Crippen molar-refractivity contribution < 1.29 is 13.9 Å². The highest BCUT2D eigenvalue weighted by atomic mass is 19.1. The van der Waals surface area contributed by atoms with Crippen LogP contribution in [0.5, 0.6) is 5.75 Å². The van der Waals surface area contributed by atoms with Crippen LogP contribution < -0.4 is 15.4 Å². The van der Waals surface area contributed by atoms with Crippen molar-refractivity contribution in [2.24, 2.45) is 11.8 Å². The second kappa shape index (κ2) is 6.65. The molecule has 2 N–H and O–H groups in total. The van der Waals surface area contributed by atoms with Crippen LogP contribution in [-0.2, 0) is 4.79 Å². The smallest absolute Gasteiger partial charge is 0.224 e. The summed E-state index contributed by atoms with van der Waals surface area (Å²) in [4.78, 5) is 12.1. The highest BCUT2D eigenvalue weighted by Crippen LogP contribution is 2.30. The van der Waals surface area contributed by atoms with Crippen LogP contribution in [-0.4, -0.2) is 25.6 Å². The Bertz CT molecular complexity index is 539. The van der Waals surface area contributed by atoms with Crippen LogP contribution in [0.4, 0.5) is 4.39 Å². The van der Waals surface area contributed by atoms with E-state index in [1.54, 1.807) is 6.07 Å². The molecular formula is C17H23FN2O2. The van der Waals surface area contributed by atoms with Crippen LogP contribution in [0.25, 0.3) is 0 Å². The first-order valence-corrected chi connectivity index (χ1v) is 8.07. The summed E-state index contributed by atoms with van der Waals surface area (Å²) in [6, 6.07) is 4.73. The molecule has 1 aliphatic heterocycles. The molecule has 1 aromatic rings. The van der Waals surface area contributed by atoms with Crippen LogP contribution in [0.1, 0.15) is 37.8 Å². The van der Waals surface area contributed by atoms with Gasteiger partial charge in [0.1, 0.15) is 0 Å². The topological polar surface area (TPSA) is 50.4 Å². The maximum atomic E-state index is 14.1. The fourth-order valence-electron chi connectivity index (χ4n) is 2.69. The third-order valence-electron chi connectivity index (χ3n) is 4.42. The molecule has 2 unspecified atom stereocenters. The lowest BCUT2D eigenvalue weighted by Gasteiger charge is -2.18. The van der Waals surface area contributed by atoms with Gasteiger partial charge in [-0.2, -0.15) is 0 Å². The SMILES string of the molecule is CC(NC(=O)C1CCNC1)c1ccc(OCC2CC2)c(F)c1. The molecule has 0 spiro atoms. The molecule has 4 nitrogen and oxygen atoms in total. The summed E-state index contributed by atoms with van der Waals surface area (Å²) < 4.78 is 19.6. The molecule has 1 aliphatic carbocycles. The van der Waals surface area contributed by atoms with Gasteiger partial charge in [0.2, 0.25) is 5.91 Å². The van der Waals surface area contributed by atoms with Gasteiger partial charge in [-0.3, -0.25) is 4.79 Å². The molecule has 1 heterocycles. The minimum Gasteiger partial charge on any atom is -0.490 e. The van der Waals surface area contributed by atoms with E-state index in [1.807, 2.05) is 13.0 Å². The van der Waals surface area contributed by atoms with Crippen LogP contribution in [0.15, 0.2) is 18.2 Å². The van der Waals surface area contributed by atoms with Crippen molar-refractivity contribution >= 4 is 5.91 Å². The van der Waals surface area contributed by atoms with E-state index in [4.69, 9.17) is 4.74 Å². The summed E-state index contributed by atoms with van der Waals surface area (Å²) in [5, 5.41) is 6.13. The van der Waals surface area contributed by atoms with E-state index in [0.717, 1.165) is 25.1 Å². The zero-order valence-electron chi connectivity index (χ0n) is 12.9. The van der Waals surface area contributed by atoms with Gasteiger partial charge >= 0.3 is 0 Å². The van der Waals surface area contributed by atoms with Gasteiger partial charge in [-0.25, -0.2) is 4.39 Å². The number of halogens is 1. The molecule has 2 aliphatic rings. The monoisotopic (exact) mass is 306 g/mol. The lowest BCUT2D eigenvalue weighted by molar-refractivity contribution is -0.125. The van der Waals surface area contributed by atoms with Gasteiger partial charge in [-0.1, -0.05) is 6.07 Å². The van der Waals surface area contributed by atoms with Crippen molar-refractivity contribution in [3.8, 4) is 5.75 Å². The molecule has 22 heavy (non-hydrogen) atoms. The average molecular weight is 306 g/mol. The number of ether oxygens (including phenoxy) is 1. The van der Waals surface area contributed by atoms with E-state index in [0.29, 0.717) is 18.3 Å². The van der Waals surface area contributed by atoms with E-state index in [2.05, 4.69) is 10.6 Å². The maximum absolute atomic E-state index is 14.1. The fourth-order valence-corrected chi connectivity index (χ4v) is 2.69. The van der Waals surface area contributed by atoms with Crippen molar-refractivity contribution in [2.75, 3.05) is 19.7 Å². The van der Waals surface area contributed by atoms with Crippen LogP contribution in [0.3, 0.4) is 0 Å². The highest BCUT2D eigenvalue weighted by Gasteiger charge is 2.24. The Hall–Kier alpha value is -1.62. The zero-order valence-corrected chi connectivity index (χ0v) is 12.9. The van der Waals surface area contributed by atoms with Crippen LogP contribution in [0.2, 0.25) is 0 Å². The Morgan fingerprint density at radius 2 is 2.27 bits per heavy atom. The predicted octanol–water partition coefficient (Wildman–Crippen LogP) is 2.40. The minimum absolute atomic E-state index is 0.0217. The number of hydrogen-bond donors (Lipinski definition) is 2. The van der Waals surface area contributed by atoms with Gasteiger partial charge in [0.25, 0.3) is 0 Å². The summed E-state index contributed by atoms with van der Waals surface area (Å²) in [6.45, 7) is 4.08. The first-order valence-electron chi connectivity index (χ1n) is 8.07. The summed E-state index contributed by atoms with van der Waals surface area (Å²) in [6.07, 6.45) is 3.22. The number of carbonyl (C=O) groups is 1. The molecule has 1 saturated carbocycles. The third-order valence-corrected chi connectivity index (χ3v) is 4.42. The molecule has 2 fully saturated rings. The summed E-state index contributed by atoms with van der Waals surface area (Å²) in [5.74, 6) is 0.591. The van der Waals surface area contributed by atoms with E-state index in [1.165, 1.54) is 18.9 Å². The van der Waals surface area contributed by atoms with Gasteiger partial charge < -0.3 is 15.4 Å².